The number of rotatable bonds is 4. The van der Waals surface area contributed by atoms with Crippen LogP contribution in [-0.4, -0.2) is 41.3 Å². The Morgan fingerprint density at radius 3 is 2.45 bits per heavy atom. The lowest BCUT2D eigenvalue weighted by molar-refractivity contribution is -0.146. The van der Waals surface area contributed by atoms with Crippen LogP contribution in [0.1, 0.15) is 41.7 Å². The van der Waals surface area contributed by atoms with E-state index in [1.165, 1.54) is 24.3 Å². The molecular formula is C21H22Cl2N4O4. The maximum Gasteiger partial charge on any atom is 0.313 e. The molecule has 0 radical (unpaired) electrons. The van der Waals surface area contributed by atoms with Gasteiger partial charge in [-0.2, -0.15) is 0 Å². The lowest BCUT2D eigenvalue weighted by Crippen LogP contribution is -2.46. The summed E-state index contributed by atoms with van der Waals surface area (Å²) in [4.78, 5) is 42.8. The van der Waals surface area contributed by atoms with Crippen molar-refractivity contribution >= 4 is 46.6 Å². The van der Waals surface area contributed by atoms with Gasteiger partial charge in [0.2, 0.25) is 5.88 Å². The molecule has 1 aliphatic rings. The van der Waals surface area contributed by atoms with Crippen molar-refractivity contribution in [3.8, 4) is 5.88 Å². The highest BCUT2D eigenvalue weighted by Crippen LogP contribution is 2.36. The minimum atomic E-state index is -0.852. The Hall–Kier alpha value is -2.84. The van der Waals surface area contributed by atoms with Gasteiger partial charge in [-0.05, 0) is 48.6 Å². The minimum absolute atomic E-state index is 0.00853. The fourth-order valence-electron chi connectivity index (χ4n) is 3.67. The van der Waals surface area contributed by atoms with E-state index < -0.39 is 17.7 Å². The molecule has 0 bridgehead atoms. The summed E-state index contributed by atoms with van der Waals surface area (Å²) in [5, 5.41) is 3.41. The second kappa shape index (κ2) is 9.53. The van der Waals surface area contributed by atoms with Gasteiger partial charge in [-0.15, -0.1) is 0 Å². The third-order valence-corrected chi connectivity index (χ3v) is 5.55. The van der Waals surface area contributed by atoms with E-state index in [1.54, 1.807) is 18.2 Å². The topological polar surface area (TPSA) is 115 Å². The summed E-state index contributed by atoms with van der Waals surface area (Å²) >= 11 is 12.3. The van der Waals surface area contributed by atoms with Crippen LogP contribution in [0.2, 0.25) is 10.0 Å². The van der Waals surface area contributed by atoms with Crippen LogP contribution >= 0.6 is 23.2 Å². The molecule has 2 atom stereocenters. The molecule has 1 aromatic carbocycles. The van der Waals surface area contributed by atoms with Gasteiger partial charge in [-0.25, -0.2) is 4.98 Å². The van der Waals surface area contributed by atoms with Crippen molar-refractivity contribution in [2.24, 2.45) is 11.7 Å². The van der Waals surface area contributed by atoms with Gasteiger partial charge in [0.05, 0.1) is 25.0 Å². The molecule has 10 heteroatoms. The summed E-state index contributed by atoms with van der Waals surface area (Å²) < 4.78 is 4.98. The van der Waals surface area contributed by atoms with Gasteiger partial charge in [0.25, 0.3) is 5.91 Å². The molecule has 1 aromatic heterocycles. The summed E-state index contributed by atoms with van der Waals surface area (Å²) in [5.74, 6) is -2.07. The summed E-state index contributed by atoms with van der Waals surface area (Å²) in [5.41, 5.74) is 6.24. The number of hydrogen-bond donors (Lipinski definition) is 2. The van der Waals surface area contributed by atoms with Crippen molar-refractivity contribution in [3.63, 3.8) is 0 Å². The number of primary amides is 1. The van der Waals surface area contributed by atoms with E-state index in [2.05, 4.69) is 10.3 Å². The molecule has 8 nitrogen and oxygen atoms in total. The molecule has 0 saturated carbocycles. The first kappa shape index (κ1) is 22.8. The number of carbonyl (C=O) groups excluding carboxylic acids is 3. The molecule has 0 aliphatic carbocycles. The average molecular weight is 465 g/mol. The quantitative estimate of drug-likeness (QED) is 0.672. The largest absolute Gasteiger partial charge is 0.480 e. The van der Waals surface area contributed by atoms with Gasteiger partial charge in [-0.3, -0.25) is 14.4 Å². The van der Waals surface area contributed by atoms with Crippen LogP contribution in [-0.2, 0) is 9.59 Å². The lowest BCUT2D eigenvalue weighted by atomic mass is 9.90. The molecule has 0 unspecified atom stereocenters. The third-order valence-electron chi connectivity index (χ3n) is 5.11. The van der Waals surface area contributed by atoms with E-state index in [0.717, 1.165) is 12.0 Å². The number of benzene rings is 1. The highest BCUT2D eigenvalue weighted by molar-refractivity contribution is 6.39. The lowest BCUT2D eigenvalue weighted by Gasteiger charge is -2.38. The maximum atomic E-state index is 13.1. The van der Waals surface area contributed by atoms with Gasteiger partial charge in [0.15, 0.2) is 0 Å². The zero-order chi connectivity index (χ0) is 22.7. The van der Waals surface area contributed by atoms with Crippen molar-refractivity contribution in [2.75, 3.05) is 19.0 Å². The zero-order valence-corrected chi connectivity index (χ0v) is 18.5. The molecule has 3 amide bonds. The van der Waals surface area contributed by atoms with Gasteiger partial charge in [0, 0.05) is 16.6 Å². The number of halogens is 2. The number of amides is 3. The Morgan fingerprint density at radius 2 is 1.84 bits per heavy atom. The second-order valence-electron chi connectivity index (χ2n) is 7.46. The zero-order valence-electron chi connectivity index (χ0n) is 17.0. The number of methoxy groups -OCH3 is 1. The van der Waals surface area contributed by atoms with Crippen molar-refractivity contribution in [1.29, 1.82) is 0 Å². The number of aromatic nitrogens is 1. The Morgan fingerprint density at radius 1 is 1.16 bits per heavy atom. The van der Waals surface area contributed by atoms with E-state index >= 15 is 0 Å². The molecule has 2 heterocycles. The van der Waals surface area contributed by atoms with Crippen molar-refractivity contribution in [2.45, 2.75) is 25.8 Å². The van der Waals surface area contributed by atoms with Crippen LogP contribution in [0.3, 0.4) is 0 Å². The highest BCUT2D eigenvalue weighted by Gasteiger charge is 2.34. The Bertz CT molecular complexity index is 1010. The van der Waals surface area contributed by atoms with E-state index in [1.807, 2.05) is 6.92 Å². The van der Waals surface area contributed by atoms with Gasteiger partial charge >= 0.3 is 11.8 Å². The molecule has 1 fully saturated rings. The summed E-state index contributed by atoms with van der Waals surface area (Å²) in [6, 6.07) is 6.09. The van der Waals surface area contributed by atoms with Crippen molar-refractivity contribution in [3.05, 3.63) is 51.6 Å². The third kappa shape index (κ3) is 5.26. The number of pyridine rings is 1. The van der Waals surface area contributed by atoms with Crippen LogP contribution in [0.15, 0.2) is 30.5 Å². The fourth-order valence-corrected chi connectivity index (χ4v) is 4.21. The van der Waals surface area contributed by atoms with E-state index in [4.69, 9.17) is 33.7 Å². The summed E-state index contributed by atoms with van der Waals surface area (Å²) in [7, 11) is 1.34. The van der Waals surface area contributed by atoms with Gasteiger partial charge < -0.3 is 20.7 Å². The molecule has 1 saturated heterocycles. The first-order valence-corrected chi connectivity index (χ1v) is 10.4. The smallest absolute Gasteiger partial charge is 0.313 e. The van der Waals surface area contributed by atoms with E-state index in [9.17, 15) is 14.4 Å². The standard InChI is InChI=1S/C21H22Cl2N4O4/c1-11-3-4-17(12-5-13(22)7-14(23)6-12)27(10-11)21(30)19(29)26-15-8-16(18(24)28)20(31-2)25-9-15/h5-9,11,17H,3-4,10H2,1-2H3,(H2,24,28)(H,26,29)/t11-,17+/m1/s1. The second-order valence-corrected chi connectivity index (χ2v) is 8.33. The summed E-state index contributed by atoms with van der Waals surface area (Å²) in [6.45, 7) is 2.43. The Balaban J connectivity index is 1.84. The number of piperidine rings is 1. The molecule has 164 valence electrons. The van der Waals surface area contributed by atoms with E-state index in [0.29, 0.717) is 23.0 Å². The summed E-state index contributed by atoms with van der Waals surface area (Å²) in [6.07, 6.45) is 2.85. The van der Waals surface area contributed by atoms with Crippen LogP contribution in [0.4, 0.5) is 5.69 Å². The number of ether oxygens (including phenoxy) is 1. The number of nitrogens with two attached hydrogens (primary N) is 1. The molecule has 0 spiro atoms. The van der Waals surface area contributed by atoms with Gasteiger partial charge in [0.1, 0.15) is 5.56 Å². The van der Waals surface area contributed by atoms with Crippen LogP contribution in [0, 0.1) is 5.92 Å². The molecule has 3 rings (SSSR count). The highest BCUT2D eigenvalue weighted by atomic mass is 35.5. The Labute approximate surface area is 189 Å². The Kier molecular flexibility index (Phi) is 7.02. The number of likely N-dealkylation sites (tertiary alicyclic amines) is 1. The van der Waals surface area contributed by atoms with Crippen LogP contribution < -0.4 is 15.8 Å². The normalized spacial score (nSPS) is 18.4. The molecule has 1 aliphatic heterocycles. The monoisotopic (exact) mass is 464 g/mol. The van der Waals surface area contributed by atoms with Crippen molar-refractivity contribution in [1.82, 2.24) is 9.88 Å². The number of nitrogens with one attached hydrogen (secondary N) is 1. The molecule has 2 aromatic rings. The van der Waals surface area contributed by atoms with Crippen LogP contribution in [0.25, 0.3) is 0 Å². The predicted molar refractivity (Wildman–Crippen MR) is 117 cm³/mol. The first-order valence-electron chi connectivity index (χ1n) is 9.61. The molecule has 31 heavy (non-hydrogen) atoms. The van der Waals surface area contributed by atoms with E-state index in [-0.39, 0.29) is 29.1 Å². The number of carbonyl (C=O) groups is 3. The number of nitrogens with zero attached hydrogens (tertiary/aromatic N) is 2. The average Bonchev–Trinajstić information content (AvgIpc) is 2.72. The molecular weight excluding hydrogens is 443 g/mol. The van der Waals surface area contributed by atoms with Crippen molar-refractivity contribution < 1.29 is 19.1 Å². The predicted octanol–water partition coefficient (Wildman–Crippen LogP) is 3.43. The maximum absolute atomic E-state index is 13.1. The molecule has 3 N–H and O–H groups in total. The number of hydrogen-bond acceptors (Lipinski definition) is 5. The fraction of sp³-hybridized carbons (Fsp3) is 0.333. The number of anilines is 1. The SMILES string of the molecule is COc1ncc(NC(=O)C(=O)N2C[C@H](C)CC[C@H]2c2cc(Cl)cc(Cl)c2)cc1C(N)=O. The minimum Gasteiger partial charge on any atom is -0.480 e. The van der Waals surface area contributed by atoms with Gasteiger partial charge in [-0.1, -0.05) is 30.1 Å². The first-order chi connectivity index (χ1) is 14.7. The van der Waals surface area contributed by atoms with Crippen LogP contribution in [0.5, 0.6) is 5.88 Å².